The number of rotatable bonds is 3. The maximum atomic E-state index is 5.47. The lowest BCUT2D eigenvalue weighted by Crippen LogP contribution is -2.44. The van der Waals surface area contributed by atoms with Crippen molar-refractivity contribution in [1.82, 2.24) is 15.5 Å². The number of nitrogens with zero attached hydrogens (tertiary/aromatic N) is 2. The van der Waals surface area contributed by atoms with E-state index in [-0.39, 0.29) is 0 Å². The fraction of sp³-hybridized carbons (Fsp3) is 0.833. The Balaban J connectivity index is 1.71. The third-order valence-corrected chi connectivity index (χ3v) is 6.90. The normalized spacial score (nSPS) is 31.0. The van der Waals surface area contributed by atoms with Crippen LogP contribution in [-0.4, -0.2) is 40.0 Å². The number of nitrogens with one attached hydrogen (secondary N) is 1. The van der Waals surface area contributed by atoms with E-state index in [1.54, 1.807) is 0 Å². The van der Waals surface area contributed by atoms with Crippen molar-refractivity contribution in [3.8, 4) is 0 Å². The minimum Gasteiger partial charge on any atom is -0.339 e. The molecule has 2 aliphatic rings. The average molecular weight is 285 g/mol. The van der Waals surface area contributed by atoms with Crippen LogP contribution in [0.2, 0.25) is 0 Å². The first-order chi connectivity index (χ1) is 8.75. The minimum absolute atomic E-state index is 0.379. The molecule has 3 rings (SSSR count). The van der Waals surface area contributed by atoms with Gasteiger partial charge in [-0.3, -0.25) is 0 Å². The van der Waals surface area contributed by atoms with Gasteiger partial charge in [-0.2, -0.15) is 16.7 Å². The van der Waals surface area contributed by atoms with Crippen molar-refractivity contribution in [2.24, 2.45) is 5.92 Å². The lowest BCUT2D eigenvalue weighted by molar-refractivity contribution is 0.252. The van der Waals surface area contributed by atoms with Crippen LogP contribution in [0.25, 0.3) is 0 Å². The van der Waals surface area contributed by atoms with E-state index in [4.69, 9.17) is 4.52 Å². The molecule has 3 atom stereocenters. The Morgan fingerprint density at radius 2 is 2.11 bits per heavy atom. The summed E-state index contributed by atoms with van der Waals surface area (Å²) in [6.45, 7) is 6.60. The second-order valence-electron chi connectivity index (χ2n) is 5.07. The van der Waals surface area contributed by atoms with Crippen molar-refractivity contribution in [1.29, 1.82) is 0 Å². The van der Waals surface area contributed by atoms with E-state index < -0.39 is 0 Å². The second kappa shape index (κ2) is 5.43. The largest absolute Gasteiger partial charge is 0.339 e. The van der Waals surface area contributed by atoms with E-state index >= 15 is 0 Å². The molecule has 0 saturated carbocycles. The summed E-state index contributed by atoms with van der Waals surface area (Å²) in [6.07, 6.45) is 0. The highest BCUT2D eigenvalue weighted by molar-refractivity contribution is 8.06. The number of hydrogen-bond donors (Lipinski definition) is 1. The molecule has 1 N–H and O–H groups in total. The highest BCUT2D eigenvalue weighted by atomic mass is 32.2. The summed E-state index contributed by atoms with van der Waals surface area (Å²) in [6, 6.07) is 0. The van der Waals surface area contributed by atoms with Crippen LogP contribution in [0.3, 0.4) is 0 Å². The van der Waals surface area contributed by atoms with Gasteiger partial charge in [-0.25, -0.2) is 0 Å². The average Bonchev–Trinajstić information content (AvgIpc) is 2.76. The second-order valence-corrected chi connectivity index (χ2v) is 7.80. The molecule has 1 aromatic heterocycles. The molecule has 18 heavy (non-hydrogen) atoms. The summed E-state index contributed by atoms with van der Waals surface area (Å²) < 4.78 is 5.47. The molecule has 0 amide bonds. The monoisotopic (exact) mass is 285 g/mol. The Bertz CT molecular complexity index is 408. The van der Waals surface area contributed by atoms with Crippen LogP contribution in [0.15, 0.2) is 4.52 Å². The van der Waals surface area contributed by atoms with Crippen molar-refractivity contribution in [2.75, 3.05) is 24.6 Å². The molecule has 4 nitrogen and oxygen atoms in total. The zero-order valence-electron chi connectivity index (χ0n) is 10.8. The van der Waals surface area contributed by atoms with Gasteiger partial charge in [0.25, 0.3) is 0 Å². The number of hydrogen-bond acceptors (Lipinski definition) is 6. The smallest absolute Gasteiger partial charge is 0.229 e. The van der Waals surface area contributed by atoms with E-state index in [1.165, 1.54) is 11.5 Å². The van der Waals surface area contributed by atoms with Crippen LogP contribution in [-0.2, 0) is 0 Å². The first kappa shape index (κ1) is 12.8. The van der Waals surface area contributed by atoms with Crippen molar-refractivity contribution >= 4 is 23.5 Å². The Kier molecular flexibility index (Phi) is 3.86. The van der Waals surface area contributed by atoms with Gasteiger partial charge in [-0.05, 0) is 19.0 Å². The van der Waals surface area contributed by atoms with Gasteiger partial charge in [0.15, 0.2) is 5.82 Å². The molecule has 6 heteroatoms. The van der Waals surface area contributed by atoms with Gasteiger partial charge in [-0.1, -0.05) is 19.0 Å². The van der Waals surface area contributed by atoms with Crippen molar-refractivity contribution in [3.63, 3.8) is 0 Å². The summed E-state index contributed by atoms with van der Waals surface area (Å²) in [4.78, 5) is 4.65. The molecule has 3 heterocycles. The third kappa shape index (κ3) is 2.42. The summed E-state index contributed by atoms with van der Waals surface area (Å²) in [5, 5.41) is 8.48. The van der Waals surface area contributed by atoms with E-state index in [0.29, 0.717) is 22.3 Å². The van der Waals surface area contributed by atoms with Gasteiger partial charge in [0.05, 0.1) is 5.25 Å². The van der Waals surface area contributed by atoms with Crippen LogP contribution in [0, 0.1) is 5.92 Å². The van der Waals surface area contributed by atoms with Gasteiger partial charge in [0, 0.05) is 22.7 Å². The molecular formula is C12H19N3OS2. The topological polar surface area (TPSA) is 51.0 Å². The van der Waals surface area contributed by atoms with E-state index in [9.17, 15) is 0 Å². The van der Waals surface area contributed by atoms with Gasteiger partial charge in [-0.15, -0.1) is 11.8 Å². The Hall–Kier alpha value is -0.200. The maximum Gasteiger partial charge on any atom is 0.229 e. The molecule has 0 bridgehead atoms. The van der Waals surface area contributed by atoms with Gasteiger partial charge >= 0.3 is 0 Å². The highest BCUT2D eigenvalue weighted by Crippen LogP contribution is 2.41. The zero-order chi connectivity index (χ0) is 12.5. The van der Waals surface area contributed by atoms with Crippen molar-refractivity contribution in [2.45, 2.75) is 30.3 Å². The molecule has 2 fully saturated rings. The van der Waals surface area contributed by atoms with Crippen LogP contribution < -0.4 is 5.32 Å². The summed E-state index contributed by atoms with van der Waals surface area (Å²) in [5.41, 5.74) is 0. The molecule has 1 aromatic rings. The van der Waals surface area contributed by atoms with E-state index in [1.807, 2.05) is 23.5 Å². The quantitative estimate of drug-likeness (QED) is 0.919. The lowest BCUT2D eigenvalue weighted by Gasteiger charge is -2.30. The molecule has 0 aromatic carbocycles. The van der Waals surface area contributed by atoms with Crippen molar-refractivity contribution in [3.05, 3.63) is 11.7 Å². The fourth-order valence-corrected chi connectivity index (χ4v) is 5.01. The predicted molar refractivity (Wildman–Crippen MR) is 76.2 cm³/mol. The van der Waals surface area contributed by atoms with E-state index in [2.05, 4.69) is 29.3 Å². The summed E-state index contributed by atoms with van der Waals surface area (Å²) >= 11 is 3.97. The van der Waals surface area contributed by atoms with Crippen LogP contribution in [0.5, 0.6) is 0 Å². The summed E-state index contributed by atoms with van der Waals surface area (Å²) in [5.74, 6) is 5.17. The molecule has 100 valence electrons. The first-order valence-electron chi connectivity index (χ1n) is 6.53. The maximum absolute atomic E-state index is 5.47. The van der Waals surface area contributed by atoms with E-state index in [0.717, 1.165) is 24.8 Å². The summed E-state index contributed by atoms with van der Waals surface area (Å²) in [7, 11) is 0. The highest BCUT2D eigenvalue weighted by Gasteiger charge is 2.32. The van der Waals surface area contributed by atoms with Gasteiger partial charge in [0.2, 0.25) is 5.89 Å². The van der Waals surface area contributed by atoms with Crippen LogP contribution in [0.1, 0.15) is 36.7 Å². The molecule has 0 spiro atoms. The molecule has 3 unspecified atom stereocenters. The Morgan fingerprint density at radius 1 is 1.33 bits per heavy atom. The Morgan fingerprint density at radius 3 is 2.78 bits per heavy atom. The predicted octanol–water partition coefficient (Wildman–Crippen LogP) is 2.30. The third-order valence-electron chi connectivity index (χ3n) is 3.81. The molecule has 2 aliphatic heterocycles. The van der Waals surface area contributed by atoms with Gasteiger partial charge < -0.3 is 9.84 Å². The number of aromatic nitrogens is 2. The molecule has 2 saturated heterocycles. The van der Waals surface area contributed by atoms with Crippen LogP contribution in [0.4, 0.5) is 0 Å². The van der Waals surface area contributed by atoms with Crippen LogP contribution >= 0.6 is 23.5 Å². The number of thioether (sulfide) groups is 2. The van der Waals surface area contributed by atoms with Gasteiger partial charge in [0.1, 0.15) is 0 Å². The lowest BCUT2D eigenvalue weighted by atomic mass is 9.89. The standard InChI is InChI=1S/C12H19N3OS2/c1-7(9-5-13-6-9)12-14-11(15-16-12)10-8(2)17-3-4-18-10/h7-10,13H,3-6H2,1-2H3. The SMILES string of the molecule is CC1SCCSC1c1noc(C(C)C2CNC2)n1. The van der Waals surface area contributed by atoms with Crippen molar-refractivity contribution < 1.29 is 4.52 Å². The molecular weight excluding hydrogens is 266 g/mol. The zero-order valence-corrected chi connectivity index (χ0v) is 12.4. The Labute approximate surface area is 116 Å². The molecule has 0 aliphatic carbocycles. The fourth-order valence-electron chi connectivity index (χ4n) is 2.33. The first-order valence-corrected chi connectivity index (χ1v) is 8.63. The minimum atomic E-state index is 0.379. The molecule has 0 radical (unpaired) electrons.